The first kappa shape index (κ1) is 16.1. The van der Waals surface area contributed by atoms with E-state index in [0.29, 0.717) is 5.56 Å². The van der Waals surface area contributed by atoms with Gasteiger partial charge < -0.3 is 5.11 Å². The molecule has 1 aromatic carbocycles. The molecule has 0 saturated heterocycles. The number of aliphatic hydroxyl groups is 1. The maximum atomic E-state index is 12.5. The van der Waals surface area contributed by atoms with Crippen LogP contribution in [0.15, 0.2) is 29.2 Å². The largest absolute Gasteiger partial charge is 0.389 e. The summed E-state index contributed by atoms with van der Waals surface area (Å²) in [6.07, 6.45) is -0.678. The van der Waals surface area contributed by atoms with Crippen molar-refractivity contribution < 1.29 is 13.5 Å². The lowest BCUT2D eigenvalue weighted by Gasteiger charge is -2.27. The molecule has 0 radical (unpaired) electrons. The van der Waals surface area contributed by atoms with Crippen molar-refractivity contribution in [2.75, 3.05) is 7.05 Å². The smallest absolute Gasteiger partial charge is 0.243 e. The molecule has 1 rings (SSSR count). The summed E-state index contributed by atoms with van der Waals surface area (Å²) >= 11 is 0. The minimum Gasteiger partial charge on any atom is -0.389 e. The minimum absolute atomic E-state index is 0.0831. The van der Waals surface area contributed by atoms with Gasteiger partial charge in [-0.05, 0) is 37.5 Å². The highest BCUT2D eigenvalue weighted by atomic mass is 32.2. The number of rotatable bonds is 5. The summed E-state index contributed by atoms with van der Waals surface area (Å²) in [6, 6.07) is 6.38. The van der Waals surface area contributed by atoms with Gasteiger partial charge in [0.1, 0.15) is 0 Å². The summed E-state index contributed by atoms with van der Waals surface area (Å²) in [4.78, 5) is 0.223. The molecule has 0 saturated carbocycles. The molecule has 0 fully saturated rings. The number of nitrogens with zero attached hydrogens (tertiary/aromatic N) is 1. The zero-order valence-electron chi connectivity index (χ0n) is 12.2. The molecule has 2 atom stereocenters. The average Bonchev–Trinajstić information content (AvgIpc) is 2.36. The minimum atomic E-state index is -3.52. The highest BCUT2D eigenvalue weighted by Crippen LogP contribution is 2.22. The maximum absolute atomic E-state index is 12.5. The maximum Gasteiger partial charge on any atom is 0.243 e. The van der Waals surface area contributed by atoms with Crippen molar-refractivity contribution in [3.8, 4) is 0 Å². The van der Waals surface area contributed by atoms with Crippen molar-refractivity contribution in [3.05, 3.63) is 29.8 Å². The third-order valence-electron chi connectivity index (χ3n) is 3.56. The Morgan fingerprint density at radius 3 is 2.21 bits per heavy atom. The van der Waals surface area contributed by atoms with Crippen LogP contribution in [0.4, 0.5) is 0 Å². The van der Waals surface area contributed by atoms with E-state index in [1.165, 1.54) is 10.4 Å². The van der Waals surface area contributed by atoms with Crippen molar-refractivity contribution in [1.82, 2.24) is 4.31 Å². The van der Waals surface area contributed by atoms with Crippen molar-refractivity contribution in [3.63, 3.8) is 0 Å². The molecule has 1 N–H and O–H groups in total. The van der Waals surface area contributed by atoms with E-state index < -0.39 is 16.1 Å². The molecule has 5 heteroatoms. The fraction of sp³-hybridized carbons (Fsp3) is 0.571. The fourth-order valence-electron chi connectivity index (χ4n) is 1.74. The first-order valence-corrected chi connectivity index (χ1v) is 7.88. The molecule has 1 aromatic rings. The van der Waals surface area contributed by atoms with E-state index in [-0.39, 0.29) is 16.9 Å². The van der Waals surface area contributed by atoms with E-state index in [9.17, 15) is 13.5 Å². The number of hydrogen-bond acceptors (Lipinski definition) is 3. The van der Waals surface area contributed by atoms with Crippen LogP contribution in [0, 0.1) is 5.92 Å². The normalized spacial score (nSPS) is 15.8. The second-order valence-electron chi connectivity index (χ2n) is 5.25. The summed E-state index contributed by atoms with van der Waals surface area (Å²) in [5.41, 5.74) is 0.603. The predicted molar refractivity (Wildman–Crippen MR) is 76.3 cm³/mol. The van der Waals surface area contributed by atoms with Gasteiger partial charge in [0, 0.05) is 13.1 Å². The molecule has 0 aromatic heterocycles. The zero-order chi connectivity index (χ0) is 14.8. The molecule has 4 nitrogen and oxygen atoms in total. The molecule has 0 aliphatic rings. The van der Waals surface area contributed by atoms with Crippen LogP contribution in [-0.4, -0.2) is 30.9 Å². The van der Waals surface area contributed by atoms with E-state index in [4.69, 9.17) is 0 Å². The molecule has 0 bridgehead atoms. The molecular weight excluding hydrogens is 262 g/mol. The van der Waals surface area contributed by atoms with Gasteiger partial charge in [-0.25, -0.2) is 8.42 Å². The van der Waals surface area contributed by atoms with Crippen molar-refractivity contribution in [2.45, 2.75) is 44.7 Å². The van der Waals surface area contributed by atoms with Gasteiger partial charge in [-0.1, -0.05) is 26.0 Å². The van der Waals surface area contributed by atoms with Crippen LogP contribution in [0.1, 0.15) is 39.4 Å². The number of hydrogen-bond donors (Lipinski definition) is 1. The van der Waals surface area contributed by atoms with E-state index in [2.05, 4.69) is 0 Å². The highest BCUT2D eigenvalue weighted by Gasteiger charge is 2.27. The lowest BCUT2D eigenvalue weighted by molar-refractivity contribution is 0.199. The van der Waals surface area contributed by atoms with Crippen molar-refractivity contribution in [2.24, 2.45) is 5.92 Å². The lowest BCUT2D eigenvalue weighted by Crippen LogP contribution is -2.38. The van der Waals surface area contributed by atoms with Crippen LogP contribution < -0.4 is 0 Å². The third kappa shape index (κ3) is 3.55. The van der Waals surface area contributed by atoms with Crippen LogP contribution in [0.5, 0.6) is 0 Å². The van der Waals surface area contributed by atoms with Crippen LogP contribution in [0.3, 0.4) is 0 Å². The second-order valence-corrected chi connectivity index (χ2v) is 7.25. The second kappa shape index (κ2) is 6.03. The number of sulfonamides is 1. The van der Waals surface area contributed by atoms with E-state index in [1.54, 1.807) is 32.2 Å². The van der Waals surface area contributed by atoms with Gasteiger partial charge in [-0.15, -0.1) is 0 Å². The Hall–Kier alpha value is -0.910. The summed E-state index contributed by atoms with van der Waals surface area (Å²) in [5, 5.41) is 9.54. The quantitative estimate of drug-likeness (QED) is 0.904. The van der Waals surface area contributed by atoms with Crippen molar-refractivity contribution >= 4 is 10.0 Å². The van der Waals surface area contributed by atoms with Gasteiger partial charge in [-0.3, -0.25) is 0 Å². The van der Waals surface area contributed by atoms with E-state index in [0.717, 1.165) is 0 Å². The Morgan fingerprint density at radius 1 is 1.16 bits per heavy atom. The first-order valence-electron chi connectivity index (χ1n) is 6.44. The lowest BCUT2D eigenvalue weighted by atomic mass is 10.1. The molecule has 19 heavy (non-hydrogen) atoms. The predicted octanol–water partition coefficient (Wildman–Crippen LogP) is 2.40. The summed E-state index contributed by atoms with van der Waals surface area (Å²) in [5.74, 6) is 0.236. The molecule has 0 spiro atoms. The Kier molecular flexibility index (Phi) is 5.12. The van der Waals surface area contributed by atoms with Gasteiger partial charge in [0.15, 0.2) is 0 Å². The first-order chi connectivity index (χ1) is 8.67. The number of aliphatic hydroxyl groups excluding tert-OH is 1. The molecule has 108 valence electrons. The molecule has 0 aliphatic heterocycles. The SMILES string of the molecule is CC(O)c1cccc(S(=O)(=O)N(C)C(C)C(C)C)c1. The van der Waals surface area contributed by atoms with Gasteiger partial charge in [-0.2, -0.15) is 4.31 Å². The Balaban J connectivity index is 3.17. The van der Waals surface area contributed by atoms with Crippen LogP contribution in [0.2, 0.25) is 0 Å². The summed E-state index contributed by atoms with van der Waals surface area (Å²) < 4.78 is 26.4. The Bertz CT molecular complexity index is 523. The van der Waals surface area contributed by atoms with Crippen LogP contribution in [-0.2, 0) is 10.0 Å². The van der Waals surface area contributed by atoms with E-state index >= 15 is 0 Å². The molecular formula is C14H23NO3S. The van der Waals surface area contributed by atoms with E-state index in [1.807, 2.05) is 20.8 Å². The molecule has 2 unspecified atom stereocenters. The van der Waals surface area contributed by atoms with Gasteiger partial charge >= 0.3 is 0 Å². The zero-order valence-corrected chi connectivity index (χ0v) is 13.0. The summed E-state index contributed by atoms with van der Waals surface area (Å²) in [7, 11) is -1.92. The molecule has 0 amide bonds. The van der Waals surface area contributed by atoms with Crippen LogP contribution in [0.25, 0.3) is 0 Å². The van der Waals surface area contributed by atoms with Gasteiger partial charge in [0.2, 0.25) is 10.0 Å². The topological polar surface area (TPSA) is 57.6 Å². The molecule has 0 aliphatic carbocycles. The average molecular weight is 285 g/mol. The van der Waals surface area contributed by atoms with Crippen LogP contribution >= 0.6 is 0 Å². The Morgan fingerprint density at radius 2 is 1.74 bits per heavy atom. The summed E-state index contributed by atoms with van der Waals surface area (Å²) in [6.45, 7) is 7.48. The third-order valence-corrected chi connectivity index (χ3v) is 5.50. The highest BCUT2D eigenvalue weighted by molar-refractivity contribution is 7.89. The molecule has 0 heterocycles. The van der Waals surface area contributed by atoms with Crippen molar-refractivity contribution in [1.29, 1.82) is 0 Å². The van der Waals surface area contributed by atoms with Gasteiger partial charge in [0.05, 0.1) is 11.0 Å². The number of benzene rings is 1. The monoisotopic (exact) mass is 285 g/mol. The van der Waals surface area contributed by atoms with Gasteiger partial charge in [0.25, 0.3) is 0 Å². The standard InChI is InChI=1S/C14H23NO3S/c1-10(2)11(3)15(5)19(17,18)14-8-6-7-13(9-14)12(4)16/h6-12,16H,1-5H3. The fourth-order valence-corrected chi connectivity index (χ4v) is 3.29. The Labute approximate surface area is 116 Å².